The van der Waals surface area contributed by atoms with Gasteiger partial charge in [0.2, 0.25) is 0 Å². The molecule has 0 aliphatic rings. The SMILES string of the molecule is O=C(NCC(F)(F)F)c1ccccc1NS(=O)(=O)c1ccc(OC(F)F)c(Cl)c1. The van der Waals surface area contributed by atoms with Crippen molar-refractivity contribution in [2.45, 2.75) is 17.7 Å². The van der Waals surface area contributed by atoms with Crippen LogP contribution in [0.5, 0.6) is 5.75 Å². The molecular weight excluding hydrogens is 447 g/mol. The molecule has 0 spiro atoms. The van der Waals surface area contributed by atoms with Crippen molar-refractivity contribution in [3.63, 3.8) is 0 Å². The standard InChI is InChI=1S/C16H12ClF5N2O4S/c17-11-7-9(5-6-13(11)28-15(18)19)29(26,27)24-12-4-2-1-3-10(12)14(25)23-8-16(20,21)22/h1-7,15,24H,8H2,(H,23,25). The highest BCUT2D eigenvalue weighted by atomic mass is 35.5. The normalized spacial score (nSPS) is 12.0. The van der Waals surface area contributed by atoms with Crippen LogP contribution in [0.2, 0.25) is 5.02 Å². The van der Waals surface area contributed by atoms with Crippen molar-refractivity contribution >= 4 is 33.2 Å². The highest BCUT2D eigenvalue weighted by Gasteiger charge is 2.28. The van der Waals surface area contributed by atoms with E-state index >= 15 is 0 Å². The lowest BCUT2D eigenvalue weighted by Gasteiger charge is -2.14. The lowest BCUT2D eigenvalue weighted by Crippen LogP contribution is -2.34. The first-order valence-electron chi connectivity index (χ1n) is 7.60. The molecule has 158 valence electrons. The summed E-state index contributed by atoms with van der Waals surface area (Å²) in [5.74, 6) is -1.60. The van der Waals surface area contributed by atoms with Crippen molar-refractivity contribution in [1.29, 1.82) is 0 Å². The first-order chi connectivity index (χ1) is 13.4. The number of benzene rings is 2. The Morgan fingerprint density at radius 3 is 2.38 bits per heavy atom. The van der Waals surface area contributed by atoms with Crippen LogP contribution in [0.3, 0.4) is 0 Å². The zero-order valence-electron chi connectivity index (χ0n) is 14.1. The van der Waals surface area contributed by atoms with Crippen LogP contribution in [0.1, 0.15) is 10.4 Å². The quantitative estimate of drug-likeness (QED) is 0.613. The van der Waals surface area contributed by atoms with Crippen molar-refractivity contribution < 1.29 is 39.9 Å². The Morgan fingerprint density at radius 2 is 1.79 bits per heavy atom. The van der Waals surface area contributed by atoms with Crippen molar-refractivity contribution in [1.82, 2.24) is 5.32 Å². The average molecular weight is 459 g/mol. The second kappa shape index (κ2) is 8.82. The maximum Gasteiger partial charge on any atom is 0.405 e. The van der Waals surface area contributed by atoms with Crippen LogP contribution in [-0.4, -0.2) is 33.7 Å². The number of para-hydroxylation sites is 1. The second-order valence-corrected chi connectivity index (χ2v) is 7.51. The fourth-order valence-corrected chi connectivity index (χ4v) is 3.49. The highest BCUT2D eigenvalue weighted by molar-refractivity contribution is 7.92. The molecular formula is C16H12ClF5N2O4S. The monoisotopic (exact) mass is 458 g/mol. The Hall–Kier alpha value is -2.60. The van der Waals surface area contributed by atoms with Crippen LogP contribution in [0.15, 0.2) is 47.4 Å². The summed E-state index contributed by atoms with van der Waals surface area (Å²) in [6.45, 7) is -4.77. The molecule has 0 bridgehead atoms. The first-order valence-corrected chi connectivity index (χ1v) is 9.46. The number of anilines is 1. The average Bonchev–Trinajstić information content (AvgIpc) is 2.60. The van der Waals surface area contributed by atoms with Gasteiger partial charge in [-0.3, -0.25) is 9.52 Å². The molecule has 6 nitrogen and oxygen atoms in total. The maximum absolute atomic E-state index is 12.5. The van der Waals surface area contributed by atoms with Gasteiger partial charge in [-0.15, -0.1) is 0 Å². The lowest BCUT2D eigenvalue weighted by atomic mass is 10.1. The van der Waals surface area contributed by atoms with E-state index in [1.165, 1.54) is 12.1 Å². The minimum atomic E-state index is -4.65. The van der Waals surface area contributed by atoms with Crippen molar-refractivity contribution in [3.05, 3.63) is 53.1 Å². The Labute approximate surface area is 166 Å². The Bertz CT molecular complexity index is 999. The van der Waals surface area contributed by atoms with Gasteiger partial charge < -0.3 is 10.1 Å². The van der Waals surface area contributed by atoms with E-state index in [4.69, 9.17) is 11.6 Å². The molecule has 0 atom stereocenters. The summed E-state index contributed by atoms with van der Waals surface area (Å²) >= 11 is 5.73. The van der Waals surface area contributed by atoms with Crippen LogP contribution >= 0.6 is 11.6 Å². The number of ether oxygens (including phenoxy) is 1. The van der Waals surface area contributed by atoms with Gasteiger partial charge >= 0.3 is 12.8 Å². The molecule has 0 fully saturated rings. The molecule has 2 aromatic carbocycles. The predicted octanol–water partition coefficient (Wildman–Crippen LogP) is 4.03. The fraction of sp³-hybridized carbons (Fsp3) is 0.188. The molecule has 0 heterocycles. The number of rotatable bonds is 7. The van der Waals surface area contributed by atoms with Gasteiger partial charge in [0.15, 0.2) is 0 Å². The summed E-state index contributed by atoms with van der Waals surface area (Å²) in [6, 6.07) is 7.64. The summed E-state index contributed by atoms with van der Waals surface area (Å²) in [5.41, 5.74) is -0.653. The summed E-state index contributed by atoms with van der Waals surface area (Å²) in [4.78, 5) is 11.5. The third-order valence-corrected chi connectivity index (χ3v) is 4.95. The minimum absolute atomic E-state index is 0.295. The zero-order chi connectivity index (χ0) is 21.8. The van der Waals surface area contributed by atoms with Crippen molar-refractivity contribution in [3.8, 4) is 5.75 Å². The van der Waals surface area contributed by atoms with Gasteiger partial charge in [0.05, 0.1) is 21.2 Å². The fourth-order valence-electron chi connectivity index (χ4n) is 2.09. The van der Waals surface area contributed by atoms with E-state index in [-0.39, 0.29) is 11.3 Å². The van der Waals surface area contributed by atoms with Gasteiger partial charge in [-0.05, 0) is 30.3 Å². The third kappa shape index (κ3) is 6.46. The molecule has 1 amide bonds. The Balaban J connectivity index is 2.27. The van der Waals surface area contributed by atoms with Crippen molar-refractivity contribution in [2.75, 3.05) is 11.3 Å². The van der Waals surface area contributed by atoms with Gasteiger partial charge in [-0.2, -0.15) is 22.0 Å². The molecule has 0 aliphatic heterocycles. The lowest BCUT2D eigenvalue weighted by molar-refractivity contribution is -0.123. The third-order valence-electron chi connectivity index (χ3n) is 3.30. The second-order valence-electron chi connectivity index (χ2n) is 5.42. The van der Waals surface area contributed by atoms with E-state index in [0.29, 0.717) is 0 Å². The molecule has 0 radical (unpaired) electrons. The van der Waals surface area contributed by atoms with E-state index in [1.807, 2.05) is 0 Å². The van der Waals surface area contributed by atoms with Crippen LogP contribution in [-0.2, 0) is 10.0 Å². The number of hydrogen-bond donors (Lipinski definition) is 2. The number of carbonyl (C=O) groups is 1. The van der Waals surface area contributed by atoms with E-state index in [9.17, 15) is 35.2 Å². The minimum Gasteiger partial charge on any atom is -0.433 e. The maximum atomic E-state index is 12.5. The number of carbonyl (C=O) groups excluding carboxylic acids is 1. The van der Waals surface area contributed by atoms with Crippen molar-refractivity contribution in [2.24, 2.45) is 0 Å². The summed E-state index contributed by atoms with van der Waals surface area (Å²) in [6.07, 6.45) is -4.65. The smallest absolute Gasteiger partial charge is 0.405 e. The van der Waals surface area contributed by atoms with Gasteiger partial charge in [0.1, 0.15) is 12.3 Å². The van der Waals surface area contributed by atoms with Crippen LogP contribution in [0, 0.1) is 0 Å². The summed E-state index contributed by atoms with van der Waals surface area (Å²) in [7, 11) is -4.36. The molecule has 2 rings (SSSR count). The van der Waals surface area contributed by atoms with Gasteiger partial charge in [-0.25, -0.2) is 8.42 Å². The molecule has 0 saturated heterocycles. The number of nitrogens with one attached hydrogen (secondary N) is 2. The molecule has 13 heteroatoms. The molecule has 0 aromatic heterocycles. The van der Waals surface area contributed by atoms with E-state index in [2.05, 4.69) is 9.46 Å². The Kier molecular flexibility index (Phi) is 6.90. The van der Waals surface area contributed by atoms with Gasteiger partial charge in [0, 0.05) is 0 Å². The number of alkyl halides is 5. The summed E-state index contributed by atoms with van der Waals surface area (Å²) < 4.78 is 92.5. The molecule has 29 heavy (non-hydrogen) atoms. The summed E-state index contributed by atoms with van der Waals surface area (Å²) in [5, 5.41) is 1.22. The molecule has 0 unspecified atom stereocenters. The van der Waals surface area contributed by atoms with E-state index in [1.54, 1.807) is 5.32 Å². The first kappa shape index (κ1) is 22.7. The van der Waals surface area contributed by atoms with Crippen LogP contribution in [0.4, 0.5) is 27.6 Å². The predicted molar refractivity (Wildman–Crippen MR) is 93.7 cm³/mol. The van der Waals surface area contributed by atoms with E-state index < -0.39 is 50.9 Å². The number of sulfonamides is 1. The molecule has 2 aromatic rings. The number of amides is 1. The number of hydrogen-bond acceptors (Lipinski definition) is 4. The van der Waals surface area contributed by atoms with Gasteiger partial charge in [0.25, 0.3) is 15.9 Å². The highest BCUT2D eigenvalue weighted by Crippen LogP contribution is 2.30. The van der Waals surface area contributed by atoms with E-state index in [0.717, 1.165) is 30.3 Å². The topological polar surface area (TPSA) is 84.5 Å². The Morgan fingerprint density at radius 1 is 1.14 bits per heavy atom. The molecule has 0 aliphatic carbocycles. The van der Waals surface area contributed by atoms with Crippen LogP contribution in [0.25, 0.3) is 0 Å². The van der Waals surface area contributed by atoms with Crippen LogP contribution < -0.4 is 14.8 Å². The molecule has 2 N–H and O–H groups in total. The van der Waals surface area contributed by atoms with Gasteiger partial charge in [-0.1, -0.05) is 23.7 Å². The molecule has 0 saturated carbocycles. The largest absolute Gasteiger partial charge is 0.433 e. The number of halogens is 6. The zero-order valence-corrected chi connectivity index (χ0v) is 15.7.